The van der Waals surface area contributed by atoms with Crippen LogP contribution in [-0.2, 0) is 0 Å². The minimum absolute atomic E-state index is 0.831. The van der Waals surface area contributed by atoms with Crippen molar-refractivity contribution < 1.29 is 0 Å². The highest BCUT2D eigenvalue weighted by atomic mass is 32.2. The lowest BCUT2D eigenvalue weighted by Crippen LogP contribution is -2.29. The Labute approximate surface area is 246 Å². The maximum atomic E-state index is 5.93. The van der Waals surface area contributed by atoms with Gasteiger partial charge in [-0.25, -0.2) is 0 Å². The minimum Gasteiger partial charge on any atom is -0.327 e. The molecule has 0 spiro atoms. The van der Waals surface area contributed by atoms with Crippen molar-refractivity contribution in [2.75, 3.05) is 28.0 Å². The summed E-state index contributed by atoms with van der Waals surface area (Å²) in [5.41, 5.74) is 2.38. The summed E-state index contributed by atoms with van der Waals surface area (Å²) in [5.74, 6) is 0. The maximum absolute atomic E-state index is 5.93. The monoisotopic (exact) mass is 574 g/mol. The van der Waals surface area contributed by atoms with E-state index in [0.717, 1.165) is 26.8 Å². The first-order chi connectivity index (χ1) is 18.2. The molecule has 0 fully saturated rings. The average Bonchev–Trinajstić information content (AvgIpc) is 2.93. The first-order valence-electron chi connectivity index (χ1n) is 14.2. The van der Waals surface area contributed by atoms with Gasteiger partial charge in [0.15, 0.2) is 0 Å². The topological polar surface area (TPSA) is 6.48 Å². The number of thiocarbonyl (C=S) groups is 2. The van der Waals surface area contributed by atoms with Gasteiger partial charge < -0.3 is 9.80 Å². The molecular weight excluding hydrogens is 529 g/mol. The molecule has 0 saturated heterocycles. The Hall–Kier alpha value is -1.08. The third-order valence-electron chi connectivity index (χ3n) is 6.41. The van der Waals surface area contributed by atoms with Crippen LogP contribution in [0.4, 0.5) is 11.4 Å². The van der Waals surface area contributed by atoms with Crippen LogP contribution >= 0.6 is 48.0 Å². The van der Waals surface area contributed by atoms with E-state index < -0.39 is 0 Å². The van der Waals surface area contributed by atoms with Gasteiger partial charge in [0.25, 0.3) is 0 Å². The summed E-state index contributed by atoms with van der Waals surface area (Å²) in [6.07, 6.45) is 15.4. The maximum Gasteiger partial charge on any atom is 0.141 e. The van der Waals surface area contributed by atoms with Gasteiger partial charge in [0, 0.05) is 24.5 Å². The van der Waals surface area contributed by atoms with Crippen molar-refractivity contribution in [2.45, 2.75) is 90.9 Å². The van der Waals surface area contributed by atoms with E-state index in [-0.39, 0.29) is 0 Å². The highest BCUT2D eigenvalue weighted by Gasteiger charge is 2.16. The number of hydrogen-bond acceptors (Lipinski definition) is 4. The highest BCUT2D eigenvalue weighted by Crippen LogP contribution is 2.27. The quantitative estimate of drug-likeness (QED) is 0.0985. The van der Waals surface area contributed by atoms with Crippen LogP contribution < -0.4 is 9.80 Å². The molecule has 0 N–H and O–H groups in total. The third-order valence-corrected chi connectivity index (χ3v) is 9.44. The SMILES string of the molecule is CCCCCCCCN(C(=S)SCSC(=S)N(CCCCCCCC)c1ccccc1)c1ccccc1. The highest BCUT2D eigenvalue weighted by molar-refractivity contribution is 8.35. The fourth-order valence-electron chi connectivity index (χ4n) is 4.25. The molecular formula is C31H46N2S4. The van der Waals surface area contributed by atoms with Crippen molar-refractivity contribution in [2.24, 2.45) is 0 Å². The largest absolute Gasteiger partial charge is 0.327 e. The molecule has 0 heterocycles. The van der Waals surface area contributed by atoms with Crippen LogP contribution in [0.1, 0.15) is 90.9 Å². The van der Waals surface area contributed by atoms with Crippen LogP contribution in [0.5, 0.6) is 0 Å². The van der Waals surface area contributed by atoms with E-state index in [0.29, 0.717) is 0 Å². The van der Waals surface area contributed by atoms with E-state index in [4.69, 9.17) is 24.4 Å². The van der Waals surface area contributed by atoms with Gasteiger partial charge in [0.1, 0.15) is 8.64 Å². The summed E-state index contributed by atoms with van der Waals surface area (Å²) in [6.45, 7) is 6.49. The zero-order valence-electron chi connectivity index (χ0n) is 22.9. The van der Waals surface area contributed by atoms with Gasteiger partial charge in [-0.1, -0.05) is 162 Å². The molecule has 6 heteroatoms. The molecule has 204 valence electrons. The van der Waals surface area contributed by atoms with E-state index >= 15 is 0 Å². The number of hydrogen-bond donors (Lipinski definition) is 0. The van der Waals surface area contributed by atoms with E-state index in [1.807, 2.05) is 0 Å². The van der Waals surface area contributed by atoms with E-state index in [2.05, 4.69) is 84.3 Å². The summed E-state index contributed by atoms with van der Waals surface area (Å²) in [7, 11) is 0. The van der Waals surface area contributed by atoms with Crippen molar-refractivity contribution in [3.63, 3.8) is 0 Å². The number of para-hydroxylation sites is 2. The molecule has 0 radical (unpaired) electrons. The Bertz CT molecular complexity index is 789. The average molecular weight is 575 g/mol. The number of nitrogens with zero attached hydrogens (tertiary/aromatic N) is 2. The predicted molar refractivity (Wildman–Crippen MR) is 180 cm³/mol. The Kier molecular flexibility index (Phi) is 18.1. The Balaban J connectivity index is 1.88. The molecule has 0 aromatic heterocycles. The van der Waals surface area contributed by atoms with E-state index in [9.17, 15) is 0 Å². The smallest absolute Gasteiger partial charge is 0.141 e. The normalized spacial score (nSPS) is 10.9. The van der Waals surface area contributed by atoms with E-state index in [1.54, 1.807) is 23.5 Å². The molecule has 0 atom stereocenters. The molecule has 2 aromatic rings. The van der Waals surface area contributed by atoms with Crippen molar-refractivity contribution >= 4 is 68.0 Å². The summed E-state index contributed by atoms with van der Waals surface area (Å²) < 4.78 is 1.88. The van der Waals surface area contributed by atoms with Gasteiger partial charge in [-0.3, -0.25) is 0 Å². The number of benzene rings is 2. The lowest BCUT2D eigenvalue weighted by atomic mass is 10.1. The number of unbranched alkanes of at least 4 members (excludes halogenated alkanes) is 10. The second-order valence-electron chi connectivity index (χ2n) is 9.45. The molecule has 0 aliphatic rings. The number of rotatable bonds is 18. The molecule has 2 nitrogen and oxygen atoms in total. The van der Waals surface area contributed by atoms with Crippen molar-refractivity contribution in [3.8, 4) is 0 Å². The van der Waals surface area contributed by atoms with Crippen LogP contribution in [0.15, 0.2) is 60.7 Å². The van der Waals surface area contributed by atoms with Crippen molar-refractivity contribution in [3.05, 3.63) is 60.7 Å². The lowest BCUT2D eigenvalue weighted by molar-refractivity contribution is 0.611. The minimum atomic E-state index is 0.831. The number of anilines is 2. The fraction of sp³-hybridized carbons (Fsp3) is 0.548. The molecule has 0 aliphatic carbocycles. The zero-order valence-corrected chi connectivity index (χ0v) is 26.2. The first-order valence-corrected chi connectivity index (χ1v) is 16.9. The first kappa shape index (κ1) is 32.1. The molecule has 0 bridgehead atoms. The van der Waals surface area contributed by atoms with Gasteiger partial charge in [0.2, 0.25) is 0 Å². The summed E-state index contributed by atoms with van der Waals surface area (Å²) in [5, 5.41) is 0.831. The van der Waals surface area contributed by atoms with Crippen LogP contribution in [-0.4, -0.2) is 26.8 Å². The van der Waals surface area contributed by atoms with Gasteiger partial charge in [-0.2, -0.15) is 0 Å². The standard InChI is InChI=1S/C31H46N2S4/c1-3-5-7-9-11-19-25-32(28-21-15-13-16-22-28)30(34)36-27-37-31(35)33(29-23-17-14-18-24-29)26-20-12-10-8-6-4-2/h13-18,21-24H,3-12,19-20,25-27H2,1-2H3. The summed E-state index contributed by atoms with van der Waals surface area (Å²) in [4.78, 5) is 4.63. The molecule has 2 rings (SSSR count). The summed E-state index contributed by atoms with van der Waals surface area (Å²) in [6, 6.07) is 21.2. The number of thioether (sulfide) groups is 2. The predicted octanol–water partition coefficient (Wildman–Crippen LogP) is 10.7. The van der Waals surface area contributed by atoms with Crippen molar-refractivity contribution in [1.82, 2.24) is 0 Å². The zero-order chi connectivity index (χ0) is 26.6. The third kappa shape index (κ3) is 13.5. The van der Waals surface area contributed by atoms with Crippen LogP contribution in [0.25, 0.3) is 0 Å². The summed E-state index contributed by atoms with van der Waals surface area (Å²) >= 11 is 15.3. The molecule has 0 amide bonds. The Morgan fingerprint density at radius 3 is 1.27 bits per heavy atom. The molecule has 37 heavy (non-hydrogen) atoms. The van der Waals surface area contributed by atoms with Crippen LogP contribution in [0, 0.1) is 0 Å². The van der Waals surface area contributed by atoms with Gasteiger partial charge in [-0.05, 0) is 37.1 Å². The Morgan fingerprint density at radius 1 is 0.541 bits per heavy atom. The van der Waals surface area contributed by atoms with Gasteiger partial charge >= 0.3 is 0 Å². The lowest BCUT2D eigenvalue weighted by Gasteiger charge is -2.26. The van der Waals surface area contributed by atoms with Gasteiger partial charge in [-0.15, -0.1) is 0 Å². The molecule has 0 unspecified atom stereocenters. The van der Waals surface area contributed by atoms with E-state index in [1.165, 1.54) is 88.4 Å². The molecule has 2 aromatic carbocycles. The Morgan fingerprint density at radius 2 is 0.892 bits per heavy atom. The van der Waals surface area contributed by atoms with Gasteiger partial charge in [0.05, 0.1) is 5.08 Å². The fourth-order valence-corrected chi connectivity index (χ4v) is 7.26. The van der Waals surface area contributed by atoms with Crippen LogP contribution in [0.2, 0.25) is 0 Å². The molecule has 0 aliphatic heterocycles. The second-order valence-corrected chi connectivity index (χ2v) is 13.0. The second kappa shape index (κ2) is 20.8. The molecule has 0 saturated carbocycles. The van der Waals surface area contributed by atoms with Crippen molar-refractivity contribution in [1.29, 1.82) is 0 Å². The van der Waals surface area contributed by atoms with Crippen LogP contribution in [0.3, 0.4) is 0 Å².